The van der Waals surface area contributed by atoms with Crippen LogP contribution in [0.5, 0.6) is 0 Å². The van der Waals surface area contributed by atoms with Crippen molar-refractivity contribution in [3.63, 3.8) is 0 Å². The molecule has 0 aliphatic heterocycles. The van der Waals surface area contributed by atoms with Crippen LogP contribution in [0.25, 0.3) is 0 Å². The zero-order valence-electron chi connectivity index (χ0n) is 16.4. The maximum Gasteiger partial charge on any atom is 0.416 e. The lowest BCUT2D eigenvalue weighted by atomic mass is 9.90. The summed E-state index contributed by atoms with van der Waals surface area (Å²) in [5.41, 5.74) is 6.19. The minimum Gasteiger partial charge on any atom is -0.397 e. The maximum absolute atomic E-state index is 13.5. The Bertz CT molecular complexity index is 902. The summed E-state index contributed by atoms with van der Waals surface area (Å²) in [6.07, 6.45) is -3.15. The molecule has 2 rings (SSSR count). The van der Waals surface area contributed by atoms with Gasteiger partial charge in [-0.3, -0.25) is 4.79 Å². The third kappa shape index (κ3) is 7.29. The number of carbonyl (C=O) groups is 1. The predicted octanol–water partition coefficient (Wildman–Crippen LogP) is 5.26. The maximum atomic E-state index is 13.5. The van der Waals surface area contributed by atoms with Gasteiger partial charge in [-0.15, -0.1) is 0 Å². The summed E-state index contributed by atoms with van der Waals surface area (Å²) in [5, 5.41) is 5.55. The Morgan fingerprint density at radius 3 is 2.60 bits per heavy atom. The van der Waals surface area contributed by atoms with Crippen molar-refractivity contribution in [3.8, 4) is 0 Å². The highest BCUT2D eigenvalue weighted by atomic mass is 32.1. The van der Waals surface area contributed by atoms with Gasteiger partial charge in [0.2, 0.25) is 5.91 Å². The number of benzene rings is 2. The fourth-order valence-electron chi connectivity index (χ4n) is 3.03. The summed E-state index contributed by atoms with van der Waals surface area (Å²) >= 11 is 5.36. The van der Waals surface area contributed by atoms with Crippen molar-refractivity contribution in [1.82, 2.24) is 5.32 Å². The number of rotatable bonds is 8. The smallest absolute Gasteiger partial charge is 0.397 e. The van der Waals surface area contributed by atoms with Gasteiger partial charge in [-0.25, -0.2) is 4.39 Å². The number of thiocarbonyl (C=S) groups is 1. The van der Waals surface area contributed by atoms with Crippen LogP contribution in [0.3, 0.4) is 0 Å². The highest BCUT2D eigenvalue weighted by molar-refractivity contribution is 7.80. The molecule has 0 spiro atoms. The summed E-state index contributed by atoms with van der Waals surface area (Å²) < 4.78 is 52.8. The van der Waals surface area contributed by atoms with Gasteiger partial charge in [0.15, 0.2) is 0 Å². The second-order valence-electron chi connectivity index (χ2n) is 6.93. The van der Waals surface area contributed by atoms with Crippen molar-refractivity contribution in [3.05, 3.63) is 59.4 Å². The Kier molecular flexibility index (Phi) is 8.16. The van der Waals surface area contributed by atoms with Gasteiger partial charge >= 0.3 is 6.18 Å². The van der Waals surface area contributed by atoms with Gasteiger partial charge in [-0.1, -0.05) is 30.4 Å². The fourth-order valence-corrected chi connectivity index (χ4v) is 3.34. The van der Waals surface area contributed by atoms with E-state index < -0.39 is 17.6 Å². The van der Waals surface area contributed by atoms with Gasteiger partial charge in [0.05, 0.1) is 21.9 Å². The van der Waals surface area contributed by atoms with Crippen molar-refractivity contribution in [2.75, 3.05) is 17.6 Å². The SMILES string of the molecule is CC(=O)NCCCC(CC(=S)Nc1cc(F)ccc1N)c1cccc(C(F)(F)F)c1. The number of hydrogen-bond acceptors (Lipinski definition) is 3. The quantitative estimate of drug-likeness (QED) is 0.226. The first kappa shape index (κ1) is 23.6. The van der Waals surface area contributed by atoms with Crippen LogP contribution < -0.4 is 16.4 Å². The first-order valence-corrected chi connectivity index (χ1v) is 9.73. The molecule has 1 atom stereocenters. The molecule has 30 heavy (non-hydrogen) atoms. The van der Waals surface area contributed by atoms with Gasteiger partial charge in [-0.2, -0.15) is 13.2 Å². The molecule has 0 heterocycles. The highest BCUT2D eigenvalue weighted by Gasteiger charge is 2.31. The average molecular weight is 441 g/mol. The molecule has 1 unspecified atom stereocenters. The van der Waals surface area contributed by atoms with E-state index in [2.05, 4.69) is 10.6 Å². The molecule has 162 valence electrons. The molecular formula is C21H23F4N3OS. The van der Waals surface area contributed by atoms with Crippen LogP contribution in [0.1, 0.15) is 43.2 Å². The van der Waals surface area contributed by atoms with Gasteiger partial charge in [0.25, 0.3) is 0 Å². The van der Waals surface area contributed by atoms with E-state index >= 15 is 0 Å². The van der Waals surface area contributed by atoms with Crippen LogP contribution in [-0.4, -0.2) is 17.4 Å². The van der Waals surface area contributed by atoms with E-state index in [-0.39, 0.29) is 18.2 Å². The molecule has 0 fully saturated rings. The lowest BCUT2D eigenvalue weighted by molar-refractivity contribution is -0.137. The van der Waals surface area contributed by atoms with Crippen molar-refractivity contribution in [2.45, 2.75) is 38.3 Å². The second kappa shape index (κ2) is 10.4. The summed E-state index contributed by atoms with van der Waals surface area (Å²) in [6.45, 7) is 1.80. The standard InChI is InChI=1S/C21H23F4N3OS/c1-13(29)27-9-3-5-15(14-4-2-6-16(10-14)21(23,24)25)11-20(30)28-19-12-17(22)7-8-18(19)26/h2,4,6-8,10,12,15H,3,5,9,11,26H2,1H3,(H,27,29)(H,28,30). The van der Waals surface area contributed by atoms with Crippen molar-refractivity contribution < 1.29 is 22.4 Å². The molecule has 9 heteroatoms. The van der Waals surface area contributed by atoms with Gasteiger partial charge in [0, 0.05) is 19.9 Å². The average Bonchev–Trinajstić information content (AvgIpc) is 2.66. The van der Waals surface area contributed by atoms with E-state index in [1.54, 1.807) is 6.07 Å². The second-order valence-corrected chi connectivity index (χ2v) is 7.42. The molecule has 0 bridgehead atoms. The Labute approximate surface area is 177 Å². The molecule has 4 N–H and O–H groups in total. The molecule has 4 nitrogen and oxygen atoms in total. The Balaban J connectivity index is 2.17. The Hall–Kier alpha value is -2.68. The number of nitrogen functional groups attached to an aromatic ring is 1. The van der Waals surface area contributed by atoms with Crippen LogP contribution >= 0.6 is 12.2 Å². The number of anilines is 2. The number of alkyl halides is 3. The van der Waals surface area contributed by atoms with E-state index in [9.17, 15) is 22.4 Å². The zero-order valence-corrected chi connectivity index (χ0v) is 17.2. The lowest BCUT2D eigenvalue weighted by Crippen LogP contribution is -2.22. The molecule has 0 saturated heterocycles. The molecule has 1 amide bonds. The van der Waals surface area contributed by atoms with E-state index in [4.69, 9.17) is 18.0 Å². The molecule has 2 aromatic carbocycles. The molecule has 0 radical (unpaired) electrons. The number of hydrogen-bond donors (Lipinski definition) is 3. The number of halogens is 4. The van der Waals surface area contributed by atoms with E-state index in [0.717, 1.165) is 12.1 Å². The van der Waals surface area contributed by atoms with Crippen LogP contribution in [-0.2, 0) is 11.0 Å². The number of amides is 1. The highest BCUT2D eigenvalue weighted by Crippen LogP contribution is 2.33. The number of nitrogens with one attached hydrogen (secondary N) is 2. The summed E-state index contributed by atoms with van der Waals surface area (Å²) in [5.74, 6) is -0.987. The molecule has 0 saturated carbocycles. The Morgan fingerprint density at radius 2 is 1.93 bits per heavy atom. The Morgan fingerprint density at radius 1 is 1.20 bits per heavy atom. The molecule has 0 aromatic heterocycles. The zero-order chi connectivity index (χ0) is 22.3. The van der Waals surface area contributed by atoms with Crippen LogP contribution in [0.2, 0.25) is 0 Å². The minimum atomic E-state index is -4.45. The van der Waals surface area contributed by atoms with Gasteiger partial charge < -0.3 is 16.4 Å². The predicted molar refractivity (Wildman–Crippen MR) is 114 cm³/mol. The summed E-state index contributed by atoms with van der Waals surface area (Å²) in [4.78, 5) is 11.4. The number of nitrogens with two attached hydrogens (primary N) is 1. The minimum absolute atomic E-state index is 0.176. The van der Waals surface area contributed by atoms with Crippen molar-refractivity contribution in [1.29, 1.82) is 0 Å². The van der Waals surface area contributed by atoms with Crippen LogP contribution in [0, 0.1) is 5.82 Å². The lowest BCUT2D eigenvalue weighted by Gasteiger charge is -2.20. The first-order valence-electron chi connectivity index (χ1n) is 9.32. The van der Waals surface area contributed by atoms with E-state index in [0.29, 0.717) is 41.3 Å². The summed E-state index contributed by atoms with van der Waals surface area (Å²) in [6, 6.07) is 8.94. The first-order chi connectivity index (χ1) is 14.1. The van der Waals surface area contributed by atoms with Crippen molar-refractivity contribution in [2.24, 2.45) is 0 Å². The number of carbonyl (C=O) groups excluding carboxylic acids is 1. The van der Waals surface area contributed by atoms with Gasteiger partial charge in [-0.05, 0) is 48.6 Å². The van der Waals surface area contributed by atoms with Crippen molar-refractivity contribution >= 4 is 34.5 Å². The fraction of sp³-hybridized carbons (Fsp3) is 0.333. The normalized spacial score (nSPS) is 12.3. The summed E-state index contributed by atoms with van der Waals surface area (Å²) in [7, 11) is 0. The molecule has 0 aliphatic carbocycles. The largest absolute Gasteiger partial charge is 0.416 e. The third-order valence-electron chi connectivity index (χ3n) is 4.51. The third-order valence-corrected chi connectivity index (χ3v) is 4.78. The molecule has 2 aromatic rings. The molecular weight excluding hydrogens is 418 g/mol. The molecule has 0 aliphatic rings. The van der Waals surface area contributed by atoms with Crippen LogP contribution in [0.15, 0.2) is 42.5 Å². The van der Waals surface area contributed by atoms with E-state index in [1.165, 1.54) is 31.2 Å². The van der Waals surface area contributed by atoms with Crippen LogP contribution in [0.4, 0.5) is 28.9 Å². The monoisotopic (exact) mass is 441 g/mol. The van der Waals surface area contributed by atoms with E-state index in [1.807, 2.05) is 0 Å². The topological polar surface area (TPSA) is 67.2 Å². The van der Waals surface area contributed by atoms with Gasteiger partial charge in [0.1, 0.15) is 5.82 Å².